The Morgan fingerprint density at radius 2 is 1.91 bits per heavy atom. The van der Waals surface area contributed by atoms with Gasteiger partial charge in [-0.05, 0) is 42.6 Å². The molecule has 0 radical (unpaired) electrons. The Kier molecular flexibility index (Phi) is 4.96. The van der Waals surface area contributed by atoms with Crippen molar-refractivity contribution in [2.24, 2.45) is 0 Å². The number of hydrogen-bond donors (Lipinski definition) is 2. The van der Waals surface area contributed by atoms with E-state index in [0.717, 1.165) is 12.1 Å². The number of aliphatic hydroxyl groups is 1. The summed E-state index contributed by atoms with van der Waals surface area (Å²) in [6.45, 7) is 1.55. The van der Waals surface area contributed by atoms with E-state index < -0.39 is 23.6 Å². The Balaban J connectivity index is 1.96. The molecule has 1 aromatic carbocycles. The molecule has 2 rings (SSSR count). The highest BCUT2D eigenvalue weighted by Crippen LogP contribution is 2.25. The third-order valence-corrected chi connectivity index (χ3v) is 4.12. The molecule has 1 atom stereocenters. The van der Waals surface area contributed by atoms with Crippen molar-refractivity contribution in [2.45, 2.75) is 18.9 Å². The highest BCUT2D eigenvalue weighted by Gasteiger charge is 2.31. The van der Waals surface area contributed by atoms with Gasteiger partial charge < -0.3 is 15.2 Å². The quantitative estimate of drug-likeness (QED) is 0.874. The van der Waals surface area contributed by atoms with Gasteiger partial charge in [-0.3, -0.25) is 4.79 Å². The van der Waals surface area contributed by atoms with E-state index in [1.54, 1.807) is 19.1 Å². The van der Waals surface area contributed by atoms with Crippen LogP contribution in [0.1, 0.15) is 22.2 Å². The van der Waals surface area contributed by atoms with Crippen LogP contribution in [0.3, 0.4) is 0 Å². The second-order valence-electron chi connectivity index (χ2n) is 5.01. The molecule has 2 aromatic rings. The fourth-order valence-electron chi connectivity index (χ4n) is 1.83. The number of benzene rings is 1. The lowest BCUT2D eigenvalue weighted by atomic mass is 10.1. The van der Waals surface area contributed by atoms with Crippen molar-refractivity contribution in [1.82, 2.24) is 5.32 Å². The van der Waals surface area contributed by atoms with Gasteiger partial charge in [-0.15, -0.1) is 24.5 Å². The van der Waals surface area contributed by atoms with Crippen molar-refractivity contribution in [3.05, 3.63) is 52.2 Å². The van der Waals surface area contributed by atoms with Crippen molar-refractivity contribution in [1.29, 1.82) is 0 Å². The molecule has 0 saturated carbocycles. The lowest BCUT2D eigenvalue weighted by Gasteiger charge is -2.22. The lowest BCUT2D eigenvalue weighted by molar-refractivity contribution is -0.274. The first-order valence-corrected chi connectivity index (χ1v) is 7.46. The normalized spacial score (nSPS) is 14.1. The summed E-state index contributed by atoms with van der Waals surface area (Å²) in [4.78, 5) is 12.7. The number of thiophene rings is 1. The maximum Gasteiger partial charge on any atom is 0.573 e. The maximum atomic E-state index is 12.1. The number of ether oxygens (including phenoxy) is 1. The van der Waals surface area contributed by atoms with Gasteiger partial charge in [0.05, 0.1) is 6.54 Å². The molecular formula is C15H14F3NO3S. The van der Waals surface area contributed by atoms with E-state index in [1.165, 1.54) is 23.5 Å². The van der Waals surface area contributed by atoms with Crippen LogP contribution in [0.25, 0.3) is 0 Å². The molecule has 0 aliphatic rings. The topological polar surface area (TPSA) is 58.6 Å². The van der Waals surface area contributed by atoms with Crippen molar-refractivity contribution in [3.63, 3.8) is 0 Å². The predicted molar refractivity (Wildman–Crippen MR) is 79.3 cm³/mol. The van der Waals surface area contributed by atoms with Gasteiger partial charge in [0.1, 0.15) is 11.4 Å². The number of amides is 1. The lowest BCUT2D eigenvalue weighted by Crippen LogP contribution is -2.38. The summed E-state index contributed by atoms with van der Waals surface area (Å²) >= 11 is 1.36. The summed E-state index contributed by atoms with van der Waals surface area (Å²) in [6, 6.07) is 8.09. The first-order chi connectivity index (χ1) is 10.7. The van der Waals surface area contributed by atoms with E-state index in [2.05, 4.69) is 10.1 Å². The number of halogens is 3. The van der Waals surface area contributed by atoms with Crippen LogP contribution in [-0.4, -0.2) is 23.9 Å². The van der Waals surface area contributed by atoms with E-state index in [1.807, 2.05) is 5.38 Å². The summed E-state index contributed by atoms with van der Waals surface area (Å²) < 4.78 is 39.9. The largest absolute Gasteiger partial charge is 0.573 e. The van der Waals surface area contributed by atoms with E-state index in [0.29, 0.717) is 4.88 Å². The van der Waals surface area contributed by atoms with Crippen molar-refractivity contribution >= 4 is 17.2 Å². The average Bonchev–Trinajstić information content (AvgIpc) is 2.99. The second kappa shape index (κ2) is 6.59. The number of alkyl halides is 3. The molecule has 23 heavy (non-hydrogen) atoms. The molecule has 1 heterocycles. The number of carbonyl (C=O) groups is 1. The molecule has 8 heteroatoms. The standard InChI is InChI=1S/C15H14F3NO3S/c1-14(21,12-3-2-8-23-12)9-19-13(20)10-4-6-11(7-5-10)22-15(16,17)18/h2-8,21H,9H2,1H3,(H,19,20). The molecule has 0 spiro atoms. The molecule has 0 aliphatic heterocycles. The molecule has 124 valence electrons. The second-order valence-corrected chi connectivity index (χ2v) is 5.95. The molecule has 1 aromatic heterocycles. The van der Waals surface area contributed by atoms with Gasteiger partial charge in [0.25, 0.3) is 5.91 Å². The van der Waals surface area contributed by atoms with Crippen molar-refractivity contribution < 1.29 is 27.8 Å². The van der Waals surface area contributed by atoms with Crippen LogP contribution in [0, 0.1) is 0 Å². The summed E-state index contributed by atoms with van der Waals surface area (Å²) in [7, 11) is 0. The molecule has 0 saturated heterocycles. The minimum atomic E-state index is -4.77. The Bertz CT molecular complexity index is 652. The Labute approximate surface area is 134 Å². The molecule has 4 nitrogen and oxygen atoms in total. The third kappa shape index (κ3) is 4.97. The van der Waals surface area contributed by atoms with Gasteiger partial charge in [-0.2, -0.15) is 0 Å². The highest BCUT2D eigenvalue weighted by atomic mass is 32.1. The molecule has 0 aliphatic carbocycles. The zero-order chi connectivity index (χ0) is 17.1. The van der Waals surface area contributed by atoms with Crippen molar-refractivity contribution in [3.8, 4) is 5.75 Å². The Morgan fingerprint density at radius 3 is 2.43 bits per heavy atom. The zero-order valence-electron chi connectivity index (χ0n) is 12.1. The third-order valence-electron chi connectivity index (χ3n) is 3.00. The van der Waals surface area contributed by atoms with E-state index >= 15 is 0 Å². The van der Waals surface area contributed by atoms with Crippen LogP contribution in [0.4, 0.5) is 13.2 Å². The fraction of sp³-hybridized carbons (Fsp3) is 0.267. The van der Waals surface area contributed by atoms with Gasteiger partial charge in [-0.1, -0.05) is 6.07 Å². The fourth-order valence-corrected chi connectivity index (χ4v) is 2.62. The van der Waals surface area contributed by atoms with E-state index in [4.69, 9.17) is 0 Å². The molecule has 0 bridgehead atoms. The Morgan fingerprint density at radius 1 is 1.26 bits per heavy atom. The van der Waals surface area contributed by atoms with Gasteiger partial charge in [-0.25, -0.2) is 0 Å². The number of nitrogens with one attached hydrogen (secondary N) is 1. The zero-order valence-corrected chi connectivity index (χ0v) is 12.9. The Hall–Kier alpha value is -2.06. The van der Waals surface area contributed by atoms with Gasteiger partial charge in [0.15, 0.2) is 0 Å². The van der Waals surface area contributed by atoms with Crippen LogP contribution in [0.5, 0.6) is 5.75 Å². The molecule has 1 unspecified atom stereocenters. The summed E-state index contributed by atoms with van der Waals surface area (Å²) in [6.07, 6.45) is -4.77. The number of hydrogen-bond acceptors (Lipinski definition) is 4. The SMILES string of the molecule is CC(O)(CNC(=O)c1ccc(OC(F)(F)F)cc1)c1cccs1. The van der Waals surface area contributed by atoms with Crippen LogP contribution in [0.15, 0.2) is 41.8 Å². The van der Waals surface area contributed by atoms with Gasteiger partial charge in [0, 0.05) is 10.4 Å². The highest BCUT2D eigenvalue weighted by molar-refractivity contribution is 7.10. The summed E-state index contributed by atoms with van der Waals surface area (Å²) in [5, 5.41) is 14.7. The predicted octanol–water partition coefficient (Wildman–Crippen LogP) is 3.28. The molecule has 2 N–H and O–H groups in total. The van der Waals surface area contributed by atoms with Crippen LogP contribution < -0.4 is 10.1 Å². The first-order valence-electron chi connectivity index (χ1n) is 6.58. The number of rotatable bonds is 5. The van der Waals surface area contributed by atoms with Gasteiger partial charge >= 0.3 is 6.36 Å². The van der Waals surface area contributed by atoms with Crippen LogP contribution in [-0.2, 0) is 5.60 Å². The monoisotopic (exact) mass is 345 g/mol. The van der Waals surface area contributed by atoms with E-state index in [-0.39, 0.29) is 12.1 Å². The summed E-state index contributed by atoms with van der Waals surface area (Å²) in [5.74, 6) is -0.903. The van der Waals surface area contributed by atoms with Crippen molar-refractivity contribution in [2.75, 3.05) is 6.54 Å². The average molecular weight is 345 g/mol. The first kappa shape index (κ1) is 17.3. The molecule has 0 fully saturated rings. The van der Waals surface area contributed by atoms with Crippen LogP contribution >= 0.6 is 11.3 Å². The van der Waals surface area contributed by atoms with Crippen LogP contribution in [0.2, 0.25) is 0 Å². The minimum absolute atomic E-state index is 0.0207. The van der Waals surface area contributed by atoms with Gasteiger partial charge in [0.2, 0.25) is 0 Å². The smallest absolute Gasteiger partial charge is 0.406 e. The molecular weight excluding hydrogens is 331 g/mol. The number of carbonyl (C=O) groups excluding carboxylic acids is 1. The van der Waals surface area contributed by atoms with E-state index in [9.17, 15) is 23.1 Å². The maximum absolute atomic E-state index is 12.1. The minimum Gasteiger partial charge on any atom is -0.406 e. The summed E-state index contributed by atoms with van der Waals surface area (Å²) in [5.41, 5.74) is -1.05. The molecule has 1 amide bonds.